The molecular weight excluding hydrogens is 335 g/mol. The van der Waals surface area contributed by atoms with Gasteiger partial charge in [-0.15, -0.1) is 0 Å². The number of phenols is 1. The predicted molar refractivity (Wildman–Crippen MR) is 95.3 cm³/mol. The van der Waals surface area contributed by atoms with Crippen LogP contribution in [0.2, 0.25) is 0 Å². The van der Waals surface area contributed by atoms with Crippen molar-refractivity contribution in [2.24, 2.45) is 0 Å². The predicted octanol–water partition coefficient (Wildman–Crippen LogP) is 2.49. The number of hydrogen-bond acceptors (Lipinski definition) is 3. The van der Waals surface area contributed by atoms with Gasteiger partial charge >= 0.3 is 0 Å². The first-order chi connectivity index (χ1) is 12.5. The molecular formula is C20H21FN2O3. The molecule has 0 saturated carbocycles. The van der Waals surface area contributed by atoms with Crippen LogP contribution in [0.1, 0.15) is 28.8 Å². The maximum atomic E-state index is 12.9. The standard InChI is InChI=1S/C20H21FN2O3/c21-16-6-4-14(5-7-16)12-19(25)23-10-8-17(9-11-23)22-20(26)15-2-1-3-18(24)13-15/h1-7,13,17,24H,8-12H2,(H,22,26). The summed E-state index contributed by atoms with van der Waals surface area (Å²) in [6, 6.07) is 12.2. The van der Waals surface area contributed by atoms with Crippen LogP contribution in [0.4, 0.5) is 4.39 Å². The molecule has 1 aliphatic heterocycles. The van der Waals surface area contributed by atoms with Gasteiger partial charge in [0.1, 0.15) is 11.6 Å². The number of carbonyl (C=O) groups is 2. The van der Waals surface area contributed by atoms with Crippen molar-refractivity contribution in [3.63, 3.8) is 0 Å². The highest BCUT2D eigenvalue weighted by atomic mass is 19.1. The zero-order valence-corrected chi connectivity index (χ0v) is 14.3. The van der Waals surface area contributed by atoms with Crippen molar-refractivity contribution in [3.05, 3.63) is 65.5 Å². The average Bonchev–Trinajstić information content (AvgIpc) is 2.64. The molecule has 2 N–H and O–H groups in total. The molecule has 0 aromatic heterocycles. The normalized spacial score (nSPS) is 14.9. The third-order valence-corrected chi connectivity index (χ3v) is 4.56. The highest BCUT2D eigenvalue weighted by Crippen LogP contribution is 2.15. The Morgan fingerprint density at radius 1 is 1.12 bits per heavy atom. The van der Waals surface area contributed by atoms with Gasteiger partial charge in [0, 0.05) is 24.7 Å². The minimum atomic E-state index is -0.315. The van der Waals surface area contributed by atoms with Crippen molar-refractivity contribution in [1.82, 2.24) is 10.2 Å². The number of benzene rings is 2. The van der Waals surface area contributed by atoms with E-state index in [-0.39, 0.29) is 35.8 Å². The van der Waals surface area contributed by atoms with Gasteiger partial charge in [0.25, 0.3) is 5.91 Å². The Labute approximate surface area is 151 Å². The van der Waals surface area contributed by atoms with Gasteiger partial charge in [-0.25, -0.2) is 4.39 Å². The van der Waals surface area contributed by atoms with Crippen LogP contribution in [0.25, 0.3) is 0 Å². The Morgan fingerprint density at radius 2 is 1.81 bits per heavy atom. The molecule has 1 fully saturated rings. The molecule has 0 spiro atoms. The molecule has 136 valence electrons. The Bertz CT molecular complexity index is 784. The zero-order chi connectivity index (χ0) is 18.5. The summed E-state index contributed by atoms with van der Waals surface area (Å²) < 4.78 is 12.9. The molecule has 2 aromatic rings. The molecule has 2 amide bonds. The highest BCUT2D eigenvalue weighted by Gasteiger charge is 2.24. The van der Waals surface area contributed by atoms with E-state index in [4.69, 9.17) is 0 Å². The summed E-state index contributed by atoms with van der Waals surface area (Å²) in [6.45, 7) is 1.15. The third-order valence-electron chi connectivity index (χ3n) is 4.56. The molecule has 2 aromatic carbocycles. The number of aromatic hydroxyl groups is 1. The van der Waals surface area contributed by atoms with E-state index in [0.29, 0.717) is 31.5 Å². The minimum absolute atomic E-state index is 0.000259. The maximum Gasteiger partial charge on any atom is 0.251 e. The molecule has 0 bridgehead atoms. The van der Waals surface area contributed by atoms with Crippen LogP contribution in [-0.2, 0) is 11.2 Å². The Kier molecular flexibility index (Phi) is 5.51. The first kappa shape index (κ1) is 17.9. The van der Waals surface area contributed by atoms with E-state index < -0.39 is 0 Å². The molecule has 26 heavy (non-hydrogen) atoms. The fourth-order valence-electron chi connectivity index (χ4n) is 3.08. The van der Waals surface area contributed by atoms with Crippen LogP contribution in [0, 0.1) is 5.82 Å². The SMILES string of the molecule is O=C(NC1CCN(C(=O)Cc2ccc(F)cc2)CC1)c1cccc(O)c1. The van der Waals surface area contributed by atoms with Crippen LogP contribution in [0.3, 0.4) is 0 Å². The molecule has 1 saturated heterocycles. The Hall–Kier alpha value is -2.89. The number of phenolic OH excluding ortho intramolecular Hbond substituents is 1. The van der Waals surface area contributed by atoms with E-state index >= 15 is 0 Å². The van der Waals surface area contributed by atoms with Gasteiger partial charge in [-0.3, -0.25) is 9.59 Å². The van der Waals surface area contributed by atoms with E-state index in [1.807, 2.05) is 0 Å². The van der Waals surface area contributed by atoms with Crippen LogP contribution in [0.5, 0.6) is 5.75 Å². The summed E-state index contributed by atoms with van der Waals surface area (Å²) in [5.74, 6) is -0.477. The third kappa shape index (κ3) is 4.59. The number of hydrogen-bond donors (Lipinski definition) is 2. The van der Waals surface area contributed by atoms with E-state index in [9.17, 15) is 19.1 Å². The number of amides is 2. The van der Waals surface area contributed by atoms with Gasteiger partial charge in [-0.1, -0.05) is 18.2 Å². The maximum absolute atomic E-state index is 12.9. The molecule has 1 heterocycles. The average molecular weight is 356 g/mol. The van der Waals surface area contributed by atoms with E-state index in [1.165, 1.54) is 24.3 Å². The van der Waals surface area contributed by atoms with Crippen LogP contribution in [-0.4, -0.2) is 41.0 Å². The Balaban J connectivity index is 1.48. The summed E-state index contributed by atoms with van der Waals surface area (Å²) in [5.41, 5.74) is 1.20. The summed E-state index contributed by atoms with van der Waals surface area (Å²) in [7, 11) is 0. The number of nitrogens with one attached hydrogen (secondary N) is 1. The number of carbonyl (C=O) groups excluding carboxylic acids is 2. The summed E-state index contributed by atoms with van der Waals surface area (Å²) in [5, 5.41) is 12.4. The molecule has 0 radical (unpaired) electrons. The van der Waals surface area contributed by atoms with E-state index in [2.05, 4.69) is 5.32 Å². The van der Waals surface area contributed by atoms with Crippen molar-refractivity contribution in [1.29, 1.82) is 0 Å². The van der Waals surface area contributed by atoms with Crippen LogP contribution >= 0.6 is 0 Å². The molecule has 3 rings (SSSR count). The second-order valence-electron chi connectivity index (χ2n) is 6.48. The molecule has 0 atom stereocenters. The fourth-order valence-corrected chi connectivity index (χ4v) is 3.08. The smallest absolute Gasteiger partial charge is 0.251 e. The number of piperidine rings is 1. The van der Waals surface area contributed by atoms with Gasteiger partial charge in [-0.05, 0) is 48.7 Å². The van der Waals surface area contributed by atoms with Gasteiger partial charge in [0.05, 0.1) is 6.42 Å². The van der Waals surface area contributed by atoms with E-state index in [0.717, 1.165) is 5.56 Å². The van der Waals surface area contributed by atoms with Crippen LogP contribution in [0.15, 0.2) is 48.5 Å². The highest BCUT2D eigenvalue weighted by molar-refractivity contribution is 5.94. The number of rotatable bonds is 4. The summed E-state index contributed by atoms with van der Waals surface area (Å²) in [4.78, 5) is 26.4. The fraction of sp³-hybridized carbons (Fsp3) is 0.300. The molecule has 0 aliphatic carbocycles. The second kappa shape index (κ2) is 7.99. The first-order valence-corrected chi connectivity index (χ1v) is 8.63. The molecule has 6 heteroatoms. The number of likely N-dealkylation sites (tertiary alicyclic amines) is 1. The molecule has 0 unspecified atom stereocenters. The molecule has 1 aliphatic rings. The van der Waals surface area contributed by atoms with Gasteiger partial charge in [0.15, 0.2) is 0 Å². The second-order valence-corrected chi connectivity index (χ2v) is 6.48. The summed E-state index contributed by atoms with van der Waals surface area (Å²) >= 11 is 0. The van der Waals surface area contributed by atoms with Crippen molar-refractivity contribution < 1.29 is 19.1 Å². The lowest BCUT2D eigenvalue weighted by atomic mass is 10.0. The van der Waals surface area contributed by atoms with Gasteiger partial charge < -0.3 is 15.3 Å². The van der Waals surface area contributed by atoms with Crippen molar-refractivity contribution in [2.45, 2.75) is 25.3 Å². The van der Waals surface area contributed by atoms with E-state index in [1.54, 1.807) is 29.2 Å². The quantitative estimate of drug-likeness (QED) is 0.884. The Morgan fingerprint density at radius 3 is 2.46 bits per heavy atom. The van der Waals surface area contributed by atoms with Gasteiger partial charge in [0.2, 0.25) is 5.91 Å². The first-order valence-electron chi connectivity index (χ1n) is 8.63. The summed E-state index contributed by atoms with van der Waals surface area (Å²) in [6.07, 6.45) is 1.61. The van der Waals surface area contributed by atoms with Crippen molar-refractivity contribution >= 4 is 11.8 Å². The largest absolute Gasteiger partial charge is 0.508 e. The van der Waals surface area contributed by atoms with Crippen molar-refractivity contribution in [2.75, 3.05) is 13.1 Å². The monoisotopic (exact) mass is 356 g/mol. The lowest BCUT2D eigenvalue weighted by Gasteiger charge is -2.32. The van der Waals surface area contributed by atoms with Gasteiger partial charge in [-0.2, -0.15) is 0 Å². The van der Waals surface area contributed by atoms with Crippen LogP contribution < -0.4 is 5.32 Å². The number of nitrogens with zero attached hydrogens (tertiary/aromatic N) is 1. The number of halogens is 1. The topological polar surface area (TPSA) is 69.6 Å². The van der Waals surface area contributed by atoms with Crippen molar-refractivity contribution in [3.8, 4) is 5.75 Å². The lowest BCUT2D eigenvalue weighted by Crippen LogP contribution is -2.46. The lowest BCUT2D eigenvalue weighted by molar-refractivity contribution is -0.131. The zero-order valence-electron chi connectivity index (χ0n) is 14.3. The molecule has 5 nitrogen and oxygen atoms in total. The minimum Gasteiger partial charge on any atom is -0.508 e.